The molecule has 0 aliphatic rings. The van der Waals surface area contributed by atoms with Gasteiger partial charge in [-0.3, -0.25) is 4.99 Å². The van der Waals surface area contributed by atoms with Gasteiger partial charge >= 0.3 is 0 Å². The average Bonchev–Trinajstić information content (AvgIpc) is 2.42. The summed E-state index contributed by atoms with van der Waals surface area (Å²) < 4.78 is 0. The fourth-order valence-electron chi connectivity index (χ4n) is 2.13. The zero-order valence-electron chi connectivity index (χ0n) is 11.9. The van der Waals surface area contributed by atoms with E-state index in [0.29, 0.717) is 5.92 Å². The highest BCUT2D eigenvalue weighted by molar-refractivity contribution is 6.00. The van der Waals surface area contributed by atoms with Gasteiger partial charge in [-0.25, -0.2) is 0 Å². The van der Waals surface area contributed by atoms with Gasteiger partial charge in [-0.2, -0.15) is 0 Å². The molecule has 0 aliphatic carbocycles. The lowest BCUT2D eigenvalue weighted by molar-refractivity contribution is 0.656. The fourth-order valence-corrected chi connectivity index (χ4v) is 2.13. The van der Waals surface area contributed by atoms with E-state index in [1.54, 1.807) is 0 Å². The summed E-state index contributed by atoms with van der Waals surface area (Å²) in [6.45, 7) is 8.31. The van der Waals surface area contributed by atoms with Crippen molar-refractivity contribution in [1.82, 2.24) is 0 Å². The number of benzene rings is 1. The van der Waals surface area contributed by atoms with E-state index in [1.807, 2.05) is 13.1 Å². The summed E-state index contributed by atoms with van der Waals surface area (Å²) in [7, 11) is 1.88. The summed E-state index contributed by atoms with van der Waals surface area (Å²) in [6.07, 6.45) is 6.50. The van der Waals surface area contributed by atoms with Gasteiger partial charge in [-0.1, -0.05) is 50.6 Å². The number of nitrogens with zero attached hydrogens (tertiary/aromatic N) is 1. The topological polar surface area (TPSA) is 12.4 Å². The Morgan fingerprint density at radius 3 is 2.39 bits per heavy atom. The monoisotopic (exact) mass is 243 g/mol. The van der Waals surface area contributed by atoms with Gasteiger partial charge < -0.3 is 0 Å². The molecule has 98 valence electrons. The highest BCUT2D eigenvalue weighted by atomic mass is 14.7. The molecular formula is C17H25N. The van der Waals surface area contributed by atoms with Gasteiger partial charge in [-0.15, -0.1) is 6.58 Å². The van der Waals surface area contributed by atoms with E-state index in [-0.39, 0.29) is 0 Å². The van der Waals surface area contributed by atoms with E-state index in [0.717, 1.165) is 19.3 Å². The van der Waals surface area contributed by atoms with Crippen LogP contribution in [-0.2, 0) is 6.42 Å². The van der Waals surface area contributed by atoms with Crippen LogP contribution < -0.4 is 0 Å². The van der Waals surface area contributed by atoms with Gasteiger partial charge in [0.2, 0.25) is 0 Å². The number of hydrogen-bond donors (Lipinski definition) is 0. The Labute approximate surface area is 112 Å². The number of hydrogen-bond acceptors (Lipinski definition) is 1. The second-order valence-electron chi connectivity index (χ2n) is 4.73. The fraction of sp³-hybridized carbons (Fsp3) is 0.471. The SMILES string of the molecule is C=CC(CC)CC(=NC)c1ccc(CCC)cc1. The molecule has 1 atom stereocenters. The number of rotatable bonds is 7. The quantitative estimate of drug-likeness (QED) is 0.488. The number of aliphatic imine (C=N–C) groups is 1. The molecule has 1 aromatic rings. The first-order chi connectivity index (χ1) is 8.74. The smallest absolute Gasteiger partial charge is 0.0422 e. The van der Waals surface area contributed by atoms with E-state index >= 15 is 0 Å². The zero-order chi connectivity index (χ0) is 13.4. The minimum Gasteiger partial charge on any atom is -0.292 e. The summed E-state index contributed by atoms with van der Waals surface area (Å²) in [6, 6.07) is 8.84. The molecule has 0 aromatic heterocycles. The highest BCUT2D eigenvalue weighted by Gasteiger charge is 2.08. The Kier molecular flexibility index (Phi) is 6.42. The first kappa shape index (κ1) is 14.7. The standard InChI is InChI=1S/C17H25N/c1-5-8-15-9-11-16(12-10-15)17(18-4)13-14(6-2)7-3/h6,9-12,14H,2,5,7-8,13H2,1,3-4H3. The van der Waals surface area contributed by atoms with Crippen LogP contribution in [0.25, 0.3) is 0 Å². The molecule has 0 bridgehead atoms. The van der Waals surface area contributed by atoms with E-state index in [1.165, 1.54) is 23.3 Å². The van der Waals surface area contributed by atoms with Crippen molar-refractivity contribution in [2.24, 2.45) is 10.9 Å². The summed E-state index contributed by atoms with van der Waals surface area (Å²) in [5.74, 6) is 0.527. The summed E-state index contributed by atoms with van der Waals surface area (Å²) in [5, 5.41) is 0. The van der Waals surface area contributed by atoms with Gasteiger partial charge in [0.25, 0.3) is 0 Å². The van der Waals surface area contributed by atoms with Crippen LogP contribution in [0.1, 0.15) is 44.2 Å². The molecule has 1 rings (SSSR count). The number of aryl methyl sites for hydroxylation is 1. The molecule has 1 nitrogen and oxygen atoms in total. The molecule has 0 saturated carbocycles. The molecule has 0 saturated heterocycles. The molecule has 0 fully saturated rings. The van der Waals surface area contributed by atoms with Crippen molar-refractivity contribution in [3.63, 3.8) is 0 Å². The van der Waals surface area contributed by atoms with Gasteiger partial charge in [0.05, 0.1) is 0 Å². The predicted molar refractivity (Wildman–Crippen MR) is 81.5 cm³/mol. The van der Waals surface area contributed by atoms with Gasteiger partial charge in [0.1, 0.15) is 0 Å². The third kappa shape index (κ3) is 4.14. The Bertz CT molecular complexity index is 387. The average molecular weight is 243 g/mol. The van der Waals surface area contributed by atoms with Crippen molar-refractivity contribution in [3.8, 4) is 0 Å². The maximum atomic E-state index is 4.44. The van der Waals surface area contributed by atoms with E-state index in [9.17, 15) is 0 Å². The molecule has 0 aliphatic heterocycles. The lowest BCUT2D eigenvalue weighted by atomic mass is 9.94. The lowest BCUT2D eigenvalue weighted by Gasteiger charge is -2.12. The minimum atomic E-state index is 0.527. The molecule has 1 aromatic carbocycles. The first-order valence-electron chi connectivity index (χ1n) is 6.92. The Hall–Kier alpha value is -1.37. The summed E-state index contributed by atoms with van der Waals surface area (Å²) in [5.41, 5.74) is 3.84. The molecule has 1 heteroatoms. The zero-order valence-corrected chi connectivity index (χ0v) is 11.9. The Balaban J connectivity index is 2.79. The second kappa shape index (κ2) is 7.86. The van der Waals surface area contributed by atoms with Crippen molar-refractivity contribution in [2.75, 3.05) is 7.05 Å². The van der Waals surface area contributed by atoms with Crippen LogP contribution >= 0.6 is 0 Å². The molecule has 18 heavy (non-hydrogen) atoms. The van der Waals surface area contributed by atoms with Crippen molar-refractivity contribution < 1.29 is 0 Å². The normalized spacial score (nSPS) is 13.4. The molecule has 0 amide bonds. The van der Waals surface area contributed by atoms with Crippen LogP contribution in [0.15, 0.2) is 41.9 Å². The Morgan fingerprint density at radius 1 is 1.28 bits per heavy atom. The van der Waals surface area contributed by atoms with Crippen molar-refractivity contribution in [3.05, 3.63) is 48.0 Å². The van der Waals surface area contributed by atoms with Gasteiger partial charge in [0.15, 0.2) is 0 Å². The van der Waals surface area contributed by atoms with Crippen LogP contribution in [-0.4, -0.2) is 12.8 Å². The van der Waals surface area contributed by atoms with Crippen LogP contribution in [0.4, 0.5) is 0 Å². The van der Waals surface area contributed by atoms with Crippen molar-refractivity contribution in [2.45, 2.75) is 39.5 Å². The summed E-state index contributed by atoms with van der Waals surface area (Å²) in [4.78, 5) is 4.44. The Morgan fingerprint density at radius 2 is 1.94 bits per heavy atom. The molecule has 0 spiro atoms. The maximum Gasteiger partial charge on any atom is 0.0422 e. The van der Waals surface area contributed by atoms with Crippen LogP contribution in [0.5, 0.6) is 0 Å². The minimum absolute atomic E-state index is 0.527. The van der Waals surface area contributed by atoms with E-state index < -0.39 is 0 Å². The second-order valence-corrected chi connectivity index (χ2v) is 4.73. The maximum absolute atomic E-state index is 4.44. The van der Waals surface area contributed by atoms with E-state index in [2.05, 4.69) is 49.7 Å². The third-order valence-electron chi connectivity index (χ3n) is 3.41. The largest absolute Gasteiger partial charge is 0.292 e. The lowest BCUT2D eigenvalue weighted by Crippen LogP contribution is -2.07. The molecule has 0 heterocycles. The number of allylic oxidation sites excluding steroid dienone is 1. The van der Waals surface area contributed by atoms with E-state index in [4.69, 9.17) is 0 Å². The molecular weight excluding hydrogens is 218 g/mol. The highest BCUT2D eigenvalue weighted by Crippen LogP contribution is 2.16. The first-order valence-corrected chi connectivity index (χ1v) is 6.92. The third-order valence-corrected chi connectivity index (χ3v) is 3.41. The molecule has 0 radical (unpaired) electrons. The predicted octanol–water partition coefficient (Wildman–Crippen LogP) is 4.66. The van der Waals surface area contributed by atoms with Crippen molar-refractivity contribution >= 4 is 5.71 Å². The molecule has 1 unspecified atom stereocenters. The van der Waals surface area contributed by atoms with Crippen LogP contribution in [0.2, 0.25) is 0 Å². The summed E-state index contributed by atoms with van der Waals surface area (Å²) >= 11 is 0. The van der Waals surface area contributed by atoms with Crippen LogP contribution in [0.3, 0.4) is 0 Å². The molecule has 0 N–H and O–H groups in total. The van der Waals surface area contributed by atoms with Gasteiger partial charge in [-0.05, 0) is 36.3 Å². The van der Waals surface area contributed by atoms with Crippen LogP contribution in [0, 0.1) is 5.92 Å². The van der Waals surface area contributed by atoms with Crippen molar-refractivity contribution in [1.29, 1.82) is 0 Å². The van der Waals surface area contributed by atoms with Gasteiger partial charge in [0, 0.05) is 12.8 Å².